The summed E-state index contributed by atoms with van der Waals surface area (Å²) in [5, 5.41) is 16.5. The molecular weight excluding hydrogens is 328 g/mol. The number of hydrazone groups is 1. The van der Waals surface area contributed by atoms with Crippen LogP contribution >= 0.6 is 12.2 Å². The summed E-state index contributed by atoms with van der Waals surface area (Å²) in [6.45, 7) is 1.24. The fourth-order valence-electron chi connectivity index (χ4n) is 2.31. The highest BCUT2D eigenvalue weighted by atomic mass is 32.1. The van der Waals surface area contributed by atoms with Crippen molar-refractivity contribution in [2.45, 2.75) is 0 Å². The standard InChI is InChI=1S/C16H16N4O3S/c21-20-16(24)19-18-15-11(7-13-3-1-5-22-13)9-17-10-12(15)8-14-4-2-6-23-14/h1-8,17,21H,9-10H2,(H2,19,20,24)/b11-7+,12-8+. The van der Waals surface area contributed by atoms with Crippen molar-refractivity contribution < 1.29 is 14.0 Å². The molecule has 0 amide bonds. The van der Waals surface area contributed by atoms with Crippen LogP contribution in [0, 0.1) is 0 Å². The minimum absolute atomic E-state index is 0.00994. The summed E-state index contributed by atoms with van der Waals surface area (Å²) in [6.07, 6.45) is 7.03. The predicted octanol–water partition coefficient (Wildman–Crippen LogP) is 2.15. The monoisotopic (exact) mass is 344 g/mol. The molecular formula is C16H16N4O3S. The number of hydrogen-bond donors (Lipinski definition) is 4. The first-order valence-electron chi connectivity index (χ1n) is 7.23. The summed E-state index contributed by atoms with van der Waals surface area (Å²) in [5.74, 6) is 1.45. The van der Waals surface area contributed by atoms with E-state index in [2.05, 4.69) is 15.8 Å². The number of thiocarbonyl (C=S) groups is 1. The van der Waals surface area contributed by atoms with Crippen molar-refractivity contribution in [2.75, 3.05) is 13.1 Å². The molecule has 1 aliphatic heterocycles. The molecule has 24 heavy (non-hydrogen) atoms. The van der Waals surface area contributed by atoms with E-state index in [0.717, 1.165) is 22.7 Å². The number of nitrogens with zero attached hydrogens (tertiary/aromatic N) is 1. The van der Waals surface area contributed by atoms with Crippen molar-refractivity contribution >= 4 is 35.2 Å². The van der Waals surface area contributed by atoms with Crippen LogP contribution in [0.1, 0.15) is 11.5 Å². The number of hydroxylamine groups is 1. The van der Waals surface area contributed by atoms with E-state index >= 15 is 0 Å². The van der Waals surface area contributed by atoms with E-state index in [0.29, 0.717) is 18.8 Å². The maximum Gasteiger partial charge on any atom is 0.211 e. The molecule has 0 saturated carbocycles. The Morgan fingerprint density at radius 3 is 2.17 bits per heavy atom. The van der Waals surface area contributed by atoms with Crippen LogP contribution in [0.5, 0.6) is 0 Å². The quantitative estimate of drug-likeness (QED) is 0.500. The fourth-order valence-corrected chi connectivity index (χ4v) is 2.36. The van der Waals surface area contributed by atoms with Gasteiger partial charge in [-0.05, 0) is 59.8 Å². The van der Waals surface area contributed by atoms with Gasteiger partial charge in [0.05, 0.1) is 18.2 Å². The first-order chi connectivity index (χ1) is 11.8. The van der Waals surface area contributed by atoms with Gasteiger partial charge >= 0.3 is 0 Å². The lowest BCUT2D eigenvalue weighted by Crippen LogP contribution is -2.36. The molecule has 0 unspecified atom stereocenters. The highest BCUT2D eigenvalue weighted by molar-refractivity contribution is 7.80. The van der Waals surface area contributed by atoms with Gasteiger partial charge in [0.2, 0.25) is 5.11 Å². The zero-order valence-electron chi connectivity index (χ0n) is 12.7. The molecule has 3 heterocycles. The average Bonchev–Trinajstić information content (AvgIpc) is 3.28. The second kappa shape index (κ2) is 7.73. The molecule has 1 fully saturated rings. The topological polar surface area (TPSA) is 95.0 Å². The summed E-state index contributed by atoms with van der Waals surface area (Å²) in [4.78, 5) is 0. The number of furan rings is 2. The third-order valence-corrected chi connectivity index (χ3v) is 3.51. The van der Waals surface area contributed by atoms with Gasteiger partial charge < -0.3 is 14.2 Å². The second-order valence-electron chi connectivity index (χ2n) is 4.99. The summed E-state index contributed by atoms with van der Waals surface area (Å²) in [6, 6.07) is 7.37. The van der Waals surface area contributed by atoms with Crippen molar-refractivity contribution in [2.24, 2.45) is 5.10 Å². The van der Waals surface area contributed by atoms with Gasteiger partial charge in [0.25, 0.3) is 0 Å². The highest BCUT2D eigenvalue weighted by Crippen LogP contribution is 2.19. The summed E-state index contributed by atoms with van der Waals surface area (Å²) in [7, 11) is 0. The second-order valence-corrected chi connectivity index (χ2v) is 5.39. The number of piperidine rings is 1. The van der Waals surface area contributed by atoms with Crippen molar-refractivity contribution in [3.05, 3.63) is 59.5 Å². The first-order valence-corrected chi connectivity index (χ1v) is 7.64. The number of hydrogen-bond acceptors (Lipinski definition) is 6. The Morgan fingerprint density at radius 1 is 1.12 bits per heavy atom. The van der Waals surface area contributed by atoms with Crippen LogP contribution in [-0.2, 0) is 0 Å². The van der Waals surface area contributed by atoms with Crippen molar-refractivity contribution in [3.8, 4) is 0 Å². The molecule has 3 rings (SSSR count). The maximum atomic E-state index is 8.82. The smallest absolute Gasteiger partial charge is 0.211 e. The van der Waals surface area contributed by atoms with Crippen molar-refractivity contribution in [1.29, 1.82) is 0 Å². The van der Waals surface area contributed by atoms with E-state index < -0.39 is 0 Å². The molecule has 0 radical (unpaired) electrons. The molecule has 0 spiro atoms. The zero-order chi connectivity index (χ0) is 16.8. The van der Waals surface area contributed by atoms with E-state index in [1.807, 2.05) is 41.9 Å². The Kier molecular flexibility index (Phi) is 5.22. The Hall–Kier alpha value is -2.68. The van der Waals surface area contributed by atoms with Crippen LogP contribution in [0.2, 0.25) is 0 Å². The van der Waals surface area contributed by atoms with Crippen molar-refractivity contribution in [1.82, 2.24) is 16.2 Å². The van der Waals surface area contributed by atoms with Gasteiger partial charge in [-0.3, -0.25) is 10.6 Å². The molecule has 8 heteroatoms. The molecule has 2 aromatic heterocycles. The van der Waals surface area contributed by atoms with Crippen LogP contribution < -0.4 is 16.2 Å². The molecule has 0 bridgehead atoms. The van der Waals surface area contributed by atoms with Gasteiger partial charge in [0, 0.05) is 13.1 Å². The van der Waals surface area contributed by atoms with E-state index in [1.165, 1.54) is 0 Å². The van der Waals surface area contributed by atoms with Gasteiger partial charge in [-0.2, -0.15) is 5.10 Å². The maximum absolute atomic E-state index is 8.82. The summed E-state index contributed by atoms with van der Waals surface area (Å²) < 4.78 is 10.8. The zero-order valence-corrected chi connectivity index (χ0v) is 13.5. The van der Waals surface area contributed by atoms with Gasteiger partial charge in [-0.1, -0.05) is 0 Å². The molecule has 124 valence electrons. The molecule has 1 saturated heterocycles. The van der Waals surface area contributed by atoms with Crippen LogP contribution in [-0.4, -0.2) is 29.1 Å². The lowest BCUT2D eigenvalue weighted by molar-refractivity contribution is 0.233. The molecule has 1 aliphatic rings. The predicted molar refractivity (Wildman–Crippen MR) is 94.3 cm³/mol. The number of rotatable bonds is 3. The van der Waals surface area contributed by atoms with Crippen LogP contribution in [0.3, 0.4) is 0 Å². The van der Waals surface area contributed by atoms with E-state index in [4.69, 9.17) is 26.3 Å². The molecule has 4 N–H and O–H groups in total. The molecule has 2 aromatic rings. The minimum atomic E-state index is 0.00994. The normalized spacial score (nSPS) is 18.0. The van der Waals surface area contributed by atoms with Gasteiger partial charge in [0.15, 0.2) is 0 Å². The Morgan fingerprint density at radius 2 is 1.71 bits per heavy atom. The SMILES string of the molecule is ONC(=S)NN=C1/C(=C/c2ccco2)CNC/C1=C\c1ccco1. The summed E-state index contributed by atoms with van der Waals surface area (Å²) in [5.41, 5.74) is 7.00. The third kappa shape index (κ3) is 3.99. The van der Waals surface area contributed by atoms with Crippen molar-refractivity contribution in [3.63, 3.8) is 0 Å². The number of nitrogens with one attached hydrogen (secondary N) is 3. The Labute approximate surface area is 143 Å². The van der Waals surface area contributed by atoms with Gasteiger partial charge in [-0.15, -0.1) is 0 Å². The Bertz CT molecular complexity index is 722. The lowest BCUT2D eigenvalue weighted by Gasteiger charge is -2.21. The summed E-state index contributed by atoms with van der Waals surface area (Å²) >= 11 is 4.86. The van der Waals surface area contributed by atoms with E-state index in [-0.39, 0.29) is 5.11 Å². The minimum Gasteiger partial charge on any atom is -0.465 e. The fraction of sp³-hybridized carbons (Fsp3) is 0.125. The highest BCUT2D eigenvalue weighted by Gasteiger charge is 2.19. The molecule has 0 aromatic carbocycles. The Balaban J connectivity index is 1.96. The third-order valence-electron chi connectivity index (χ3n) is 3.33. The van der Waals surface area contributed by atoms with E-state index in [9.17, 15) is 0 Å². The van der Waals surface area contributed by atoms with Gasteiger partial charge in [-0.25, -0.2) is 5.48 Å². The molecule has 0 atom stereocenters. The molecule has 7 nitrogen and oxygen atoms in total. The largest absolute Gasteiger partial charge is 0.465 e. The van der Waals surface area contributed by atoms with Crippen LogP contribution in [0.25, 0.3) is 12.2 Å². The van der Waals surface area contributed by atoms with E-state index in [1.54, 1.807) is 12.5 Å². The van der Waals surface area contributed by atoms with Crippen LogP contribution in [0.4, 0.5) is 0 Å². The lowest BCUT2D eigenvalue weighted by atomic mass is 9.97. The first kappa shape index (κ1) is 16.2. The average molecular weight is 344 g/mol. The van der Waals surface area contributed by atoms with Gasteiger partial charge in [0.1, 0.15) is 11.5 Å². The molecule has 0 aliphatic carbocycles. The van der Waals surface area contributed by atoms with Crippen LogP contribution in [0.15, 0.2) is 61.9 Å².